The summed E-state index contributed by atoms with van der Waals surface area (Å²) in [5.41, 5.74) is 5.56. The minimum atomic E-state index is -2.91. The maximum Gasteiger partial charge on any atom is 0.387 e. The number of methoxy groups -OCH3 is 1. The number of benzene rings is 1. The van der Waals surface area contributed by atoms with Crippen molar-refractivity contribution in [3.8, 4) is 11.5 Å². The van der Waals surface area contributed by atoms with E-state index in [2.05, 4.69) is 20.7 Å². The predicted octanol–water partition coefficient (Wildman–Crippen LogP) is 2.64. The summed E-state index contributed by atoms with van der Waals surface area (Å²) < 4.78 is 33.5. The van der Waals surface area contributed by atoms with Crippen LogP contribution in [0.4, 0.5) is 14.5 Å². The Kier molecular flexibility index (Phi) is 3.51. The topological polar surface area (TPSA) is 44.5 Å². The molecule has 0 aliphatic rings. The monoisotopic (exact) mass is 267 g/mol. The van der Waals surface area contributed by atoms with Crippen LogP contribution < -0.4 is 15.2 Å². The van der Waals surface area contributed by atoms with Gasteiger partial charge in [-0.05, 0) is 12.1 Å². The molecule has 0 radical (unpaired) electrons. The molecule has 0 spiro atoms. The lowest BCUT2D eigenvalue weighted by Crippen LogP contribution is -2.05. The molecule has 0 fully saturated rings. The van der Waals surface area contributed by atoms with Gasteiger partial charge in [-0.25, -0.2) is 0 Å². The summed E-state index contributed by atoms with van der Waals surface area (Å²) in [7, 11) is 1.39. The van der Waals surface area contributed by atoms with Crippen LogP contribution in [0.1, 0.15) is 0 Å². The summed E-state index contributed by atoms with van der Waals surface area (Å²) in [4.78, 5) is 0. The molecule has 1 aromatic rings. The molecule has 3 nitrogen and oxygen atoms in total. The Bertz CT molecular complexity index is 333. The molecule has 6 heteroatoms. The van der Waals surface area contributed by atoms with Gasteiger partial charge in [-0.15, -0.1) is 0 Å². The molecule has 78 valence electrons. The van der Waals surface area contributed by atoms with Gasteiger partial charge in [0.15, 0.2) is 5.75 Å². The SMILES string of the molecule is COc1cc(Br)cc(OC(F)F)c1N. The molecule has 0 atom stereocenters. The van der Waals surface area contributed by atoms with E-state index in [0.717, 1.165) is 0 Å². The largest absolute Gasteiger partial charge is 0.494 e. The van der Waals surface area contributed by atoms with Gasteiger partial charge in [0.25, 0.3) is 0 Å². The van der Waals surface area contributed by atoms with Gasteiger partial charge >= 0.3 is 6.61 Å². The Morgan fingerprint density at radius 1 is 1.36 bits per heavy atom. The van der Waals surface area contributed by atoms with E-state index in [9.17, 15) is 8.78 Å². The summed E-state index contributed by atoms with van der Waals surface area (Å²) in [5.74, 6) is 0.182. The molecule has 2 N–H and O–H groups in total. The van der Waals surface area contributed by atoms with Crippen molar-refractivity contribution in [3.05, 3.63) is 16.6 Å². The fourth-order valence-corrected chi connectivity index (χ4v) is 1.35. The van der Waals surface area contributed by atoms with Crippen LogP contribution in [0, 0.1) is 0 Å². The van der Waals surface area contributed by atoms with E-state index >= 15 is 0 Å². The van der Waals surface area contributed by atoms with Crippen molar-refractivity contribution in [1.82, 2.24) is 0 Å². The number of hydrogen-bond acceptors (Lipinski definition) is 3. The highest BCUT2D eigenvalue weighted by molar-refractivity contribution is 9.10. The van der Waals surface area contributed by atoms with Gasteiger partial charge in [0, 0.05) is 4.47 Å². The molecule has 0 aliphatic carbocycles. The van der Waals surface area contributed by atoms with Gasteiger partial charge < -0.3 is 15.2 Å². The first-order valence-corrected chi connectivity index (χ1v) is 4.41. The van der Waals surface area contributed by atoms with Gasteiger partial charge in [-0.1, -0.05) is 15.9 Å². The van der Waals surface area contributed by atoms with Crippen LogP contribution in [0.5, 0.6) is 11.5 Å². The Morgan fingerprint density at radius 3 is 2.43 bits per heavy atom. The first kappa shape index (κ1) is 11.0. The third-order valence-corrected chi connectivity index (χ3v) is 1.96. The van der Waals surface area contributed by atoms with E-state index in [1.54, 1.807) is 6.07 Å². The summed E-state index contributed by atoms with van der Waals surface area (Å²) >= 11 is 3.12. The second kappa shape index (κ2) is 4.45. The van der Waals surface area contributed by atoms with Crippen LogP contribution in [0.25, 0.3) is 0 Å². The lowest BCUT2D eigenvalue weighted by Gasteiger charge is -2.11. The zero-order valence-electron chi connectivity index (χ0n) is 7.26. The minimum absolute atomic E-state index is 0.0519. The van der Waals surface area contributed by atoms with Crippen molar-refractivity contribution >= 4 is 21.6 Å². The lowest BCUT2D eigenvalue weighted by molar-refractivity contribution is -0.0494. The van der Waals surface area contributed by atoms with Crippen molar-refractivity contribution in [2.75, 3.05) is 12.8 Å². The fourth-order valence-electron chi connectivity index (χ4n) is 0.931. The number of anilines is 1. The average Bonchev–Trinajstić information content (AvgIpc) is 2.09. The highest BCUT2D eigenvalue weighted by atomic mass is 79.9. The van der Waals surface area contributed by atoms with Gasteiger partial charge in [0.2, 0.25) is 0 Å². The second-order valence-corrected chi connectivity index (χ2v) is 3.31. The van der Waals surface area contributed by atoms with Gasteiger partial charge in [-0.3, -0.25) is 0 Å². The van der Waals surface area contributed by atoms with Crippen molar-refractivity contribution in [2.24, 2.45) is 0 Å². The van der Waals surface area contributed by atoms with Crippen LogP contribution in [-0.4, -0.2) is 13.7 Å². The zero-order valence-corrected chi connectivity index (χ0v) is 8.85. The maximum absolute atomic E-state index is 11.9. The fraction of sp³-hybridized carbons (Fsp3) is 0.250. The molecule has 0 saturated carbocycles. The average molecular weight is 268 g/mol. The standard InChI is InChI=1S/C8H8BrF2NO2/c1-13-5-2-4(9)3-6(7(5)12)14-8(10)11/h2-3,8H,12H2,1H3. The third kappa shape index (κ3) is 2.47. The smallest absolute Gasteiger partial charge is 0.387 e. The van der Waals surface area contributed by atoms with E-state index < -0.39 is 6.61 Å². The number of hydrogen-bond donors (Lipinski definition) is 1. The molecule has 0 heterocycles. The molecule has 14 heavy (non-hydrogen) atoms. The third-order valence-electron chi connectivity index (χ3n) is 1.50. The zero-order chi connectivity index (χ0) is 10.7. The van der Waals surface area contributed by atoms with Crippen molar-refractivity contribution in [3.63, 3.8) is 0 Å². The minimum Gasteiger partial charge on any atom is -0.494 e. The molecular formula is C8H8BrF2NO2. The molecule has 0 aromatic heterocycles. The van der Waals surface area contributed by atoms with Crippen molar-refractivity contribution < 1.29 is 18.3 Å². The van der Waals surface area contributed by atoms with E-state index in [1.807, 2.05) is 0 Å². The molecule has 1 aromatic carbocycles. The van der Waals surface area contributed by atoms with Crippen LogP contribution in [0.2, 0.25) is 0 Å². The Morgan fingerprint density at radius 2 is 1.93 bits per heavy atom. The molecule has 0 aliphatic heterocycles. The first-order chi connectivity index (χ1) is 6.54. The normalized spacial score (nSPS) is 10.4. The van der Waals surface area contributed by atoms with Crippen molar-refractivity contribution in [1.29, 1.82) is 0 Å². The Balaban J connectivity index is 3.08. The molecule has 0 amide bonds. The number of rotatable bonds is 3. The molecule has 0 unspecified atom stereocenters. The van der Waals surface area contributed by atoms with Crippen LogP contribution >= 0.6 is 15.9 Å². The van der Waals surface area contributed by atoms with E-state index in [1.165, 1.54) is 13.2 Å². The van der Waals surface area contributed by atoms with E-state index in [0.29, 0.717) is 4.47 Å². The highest BCUT2D eigenvalue weighted by Crippen LogP contribution is 2.35. The molecule has 0 saturated heterocycles. The van der Waals surface area contributed by atoms with Crippen LogP contribution in [-0.2, 0) is 0 Å². The summed E-state index contributed by atoms with van der Waals surface area (Å²) in [5, 5.41) is 0. The first-order valence-electron chi connectivity index (χ1n) is 3.62. The summed E-state index contributed by atoms with van der Waals surface area (Å²) in [6, 6.07) is 2.91. The number of halogens is 3. The molecule has 1 rings (SSSR count). The quantitative estimate of drug-likeness (QED) is 0.857. The van der Waals surface area contributed by atoms with Crippen LogP contribution in [0.3, 0.4) is 0 Å². The molecular weight excluding hydrogens is 260 g/mol. The van der Waals surface area contributed by atoms with Crippen LogP contribution in [0.15, 0.2) is 16.6 Å². The molecule has 0 bridgehead atoms. The number of nitrogen functional groups attached to an aromatic ring is 1. The Labute approximate surface area is 87.9 Å². The van der Waals surface area contributed by atoms with E-state index in [4.69, 9.17) is 10.5 Å². The number of nitrogens with two attached hydrogens (primary N) is 1. The number of ether oxygens (including phenoxy) is 2. The predicted molar refractivity (Wildman–Crippen MR) is 51.7 cm³/mol. The second-order valence-electron chi connectivity index (χ2n) is 2.40. The highest BCUT2D eigenvalue weighted by Gasteiger charge is 2.12. The summed E-state index contributed by atoms with van der Waals surface area (Å²) in [6.45, 7) is -2.91. The summed E-state index contributed by atoms with van der Waals surface area (Å²) in [6.07, 6.45) is 0. The van der Waals surface area contributed by atoms with Crippen molar-refractivity contribution in [2.45, 2.75) is 6.61 Å². The lowest BCUT2D eigenvalue weighted by atomic mass is 10.3. The Hall–Kier alpha value is -1.04. The van der Waals surface area contributed by atoms with Gasteiger partial charge in [0.1, 0.15) is 11.4 Å². The van der Waals surface area contributed by atoms with E-state index in [-0.39, 0.29) is 17.2 Å². The van der Waals surface area contributed by atoms with Gasteiger partial charge in [-0.2, -0.15) is 8.78 Å². The number of alkyl halides is 2. The van der Waals surface area contributed by atoms with Gasteiger partial charge in [0.05, 0.1) is 7.11 Å². The maximum atomic E-state index is 11.9.